The molecule has 5 nitrogen and oxygen atoms in total. The first-order valence-electron chi connectivity index (χ1n) is 5.79. The maximum Gasteiger partial charge on any atom is 0.324 e. The summed E-state index contributed by atoms with van der Waals surface area (Å²) in [6, 6.07) is 6.51. The van der Waals surface area contributed by atoms with Crippen LogP contribution >= 0.6 is 34.3 Å². The van der Waals surface area contributed by atoms with E-state index in [1.807, 2.05) is 13.0 Å². The number of thiophene rings is 2. The first-order valence-corrected chi connectivity index (χ1v) is 7.80. The Morgan fingerprint density at radius 3 is 2.60 bits per heavy atom. The molecule has 0 saturated heterocycles. The van der Waals surface area contributed by atoms with Gasteiger partial charge in [0.1, 0.15) is 0 Å². The lowest BCUT2D eigenvalue weighted by Gasteiger charge is -2.19. The zero-order chi connectivity index (χ0) is 14.7. The largest absolute Gasteiger partial charge is 0.333 e. The van der Waals surface area contributed by atoms with Gasteiger partial charge >= 0.3 is 5.00 Å². The van der Waals surface area contributed by atoms with Crippen LogP contribution in [-0.2, 0) is 6.54 Å². The Bertz CT molecular complexity index is 638. The van der Waals surface area contributed by atoms with Gasteiger partial charge in [-0.05, 0) is 25.1 Å². The molecule has 0 saturated carbocycles. The van der Waals surface area contributed by atoms with E-state index in [1.54, 1.807) is 11.0 Å². The number of nitrogens with zero attached hydrogens (tertiary/aromatic N) is 2. The summed E-state index contributed by atoms with van der Waals surface area (Å²) in [7, 11) is 0. The van der Waals surface area contributed by atoms with Gasteiger partial charge in [0.25, 0.3) is 5.91 Å². The van der Waals surface area contributed by atoms with Crippen molar-refractivity contribution in [2.24, 2.45) is 0 Å². The molecular formula is C12H11ClN2O3S2. The zero-order valence-corrected chi connectivity index (χ0v) is 12.9. The molecule has 0 unspecified atom stereocenters. The van der Waals surface area contributed by atoms with Gasteiger partial charge in [0, 0.05) is 17.5 Å². The third kappa shape index (κ3) is 3.36. The van der Waals surface area contributed by atoms with E-state index in [4.69, 9.17) is 11.6 Å². The second-order valence-corrected chi connectivity index (χ2v) is 6.78. The molecule has 0 aliphatic carbocycles. The van der Waals surface area contributed by atoms with Crippen molar-refractivity contribution in [3.8, 4) is 0 Å². The van der Waals surface area contributed by atoms with E-state index < -0.39 is 4.92 Å². The van der Waals surface area contributed by atoms with Crippen LogP contribution in [-0.4, -0.2) is 22.3 Å². The lowest BCUT2D eigenvalue weighted by Crippen LogP contribution is -2.29. The quantitative estimate of drug-likeness (QED) is 0.614. The van der Waals surface area contributed by atoms with Crippen LogP contribution in [0.1, 0.15) is 21.5 Å². The van der Waals surface area contributed by atoms with Gasteiger partial charge in [0.05, 0.1) is 20.7 Å². The van der Waals surface area contributed by atoms with E-state index in [2.05, 4.69) is 0 Å². The Kier molecular flexibility index (Phi) is 4.74. The molecular weight excluding hydrogens is 320 g/mol. The maximum atomic E-state index is 12.3. The Labute approximate surface area is 128 Å². The highest BCUT2D eigenvalue weighted by atomic mass is 35.5. The number of halogens is 1. The summed E-state index contributed by atoms with van der Waals surface area (Å²) in [5.41, 5.74) is 0. The third-order valence-electron chi connectivity index (χ3n) is 2.63. The van der Waals surface area contributed by atoms with Crippen molar-refractivity contribution in [3.05, 3.63) is 48.5 Å². The molecule has 0 fully saturated rings. The van der Waals surface area contributed by atoms with Gasteiger partial charge in [-0.25, -0.2) is 0 Å². The first-order chi connectivity index (χ1) is 9.51. The average molecular weight is 331 g/mol. The summed E-state index contributed by atoms with van der Waals surface area (Å²) in [6.07, 6.45) is 0. The fourth-order valence-corrected chi connectivity index (χ4v) is 3.54. The molecule has 2 aromatic rings. The highest BCUT2D eigenvalue weighted by Crippen LogP contribution is 2.27. The summed E-state index contributed by atoms with van der Waals surface area (Å²) in [6.45, 7) is 2.85. The van der Waals surface area contributed by atoms with Crippen molar-refractivity contribution in [1.82, 2.24) is 4.90 Å². The summed E-state index contributed by atoms with van der Waals surface area (Å²) < 4.78 is 0.676. The second-order valence-electron chi connectivity index (χ2n) is 3.92. The van der Waals surface area contributed by atoms with E-state index in [1.165, 1.54) is 23.5 Å². The molecule has 8 heteroatoms. The number of amides is 1. The molecule has 2 heterocycles. The molecule has 2 aromatic heterocycles. The molecule has 0 aliphatic heterocycles. The molecule has 0 atom stereocenters. The lowest BCUT2D eigenvalue weighted by molar-refractivity contribution is -0.380. The van der Waals surface area contributed by atoms with E-state index in [9.17, 15) is 14.9 Å². The predicted molar refractivity (Wildman–Crippen MR) is 80.7 cm³/mol. The van der Waals surface area contributed by atoms with Gasteiger partial charge in [-0.2, -0.15) is 0 Å². The maximum absolute atomic E-state index is 12.3. The van der Waals surface area contributed by atoms with Gasteiger partial charge in [-0.1, -0.05) is 22.9 Å². The molecule has 0 N–H and O–H groups in total. The predicted octanol–water partition coefficient (Wildman–Crippen LogP) is 4.03. The normalized spacial score (nSPS) is 10.5. The smallest absolute Gasteiger partial charge is 0.324 e. The van der Waals surface area contributed by atoms with Gasteiger partial charge in [0.15, 0.2) is 0 Å². The summed E-state index contributed by atoms with van der Waals surface area (Å²) >= 11 is 8.18. The van der Waals surface area contributed by atoms with Crippen molar-refractivity contribution in [1.29, 1.82) is 0 Å². The van der Waals surface area contributed by atoms with Crippen LogP contribution in [0.4, 0.5) is 5.00 Å². The topological polar surface area (TPSA) is 63.5 Å². The highest BCUT2D eigenvalue weighted by molar-refractivity contribution is 7.17. The van der Waals surface area contributed by atoms with Crippen LogP contribution in [0.25, 0.3) is 0 Å². The van der Waals surface area contributed by atoms with Crippen LogP contribution in [0, 0.1) is 10.1 Å². The monoisotopic (exact) mass is 330 g/mol. The van der Waals surface area contributed by atoms with Gasteiger partial charge in [0.2, 0.25) is 0 Å². The SMILES string of the molecule is CCN(Cc1ccc(Cl)s1)C(=O)c1ccc([N+](=O)[O-])s1. The minimum Gasteiger partial charge on any atom is -0.333 e. The second kappa shape index (κ2) is 6.34. The van der Waals surface area contributed by atoms with Crippen LogP contribution in [0.15, 0.2) is 24.3 Å². The Balaban J connectivity index is 2.13. The summed E-state index contributed by atoms with van der Waals surface area (Å²) in [5.74, 6) is -0.199. The Morgan fingerprint density at radius 1 is 1.35 bits per heavy atom. The van der Waals surface area contributed by atoms with Crippen molar-refractivity contribution < 1.29 is 9.72 Å². The van der Waals surface area contributed by atoms with Crippen LogP contribution in [0.2, 0.25) is 4.34 Å². The van der Waals surface area contributed by atoms with E-state index in [0.717, 1.165) is 16.2 Å². The van der Waals surface area contributed by atoms with Crippen LogP contribution in [0.5, 0.6) is 0 Å². The lowest BCUT2D eigenvalue weighted by atomic mass is 10.3. The number of hydrogen-bond acceptors (Lipinski definition) is 5. The fourth-order valence-electron chi connectivity index (χ4n) is 1.65. The van der Waals surface area contributed by atoms with Gasteiger partial charge in [-0.3, -0.25) is 14.9 Å². The molecule has 0 aromatic carbocycles. The minimum atomic E-state index is -0.489. The summed E-state index contributed by atoms with van der Waals surface area (Å²) in [4.78, 5) is 25.5. The molecule has 1 amide bonds. The molecule has 20 heavy (non-hydrogen) atoms. The standard InChI is InChI=1S/C12H11ClN2O3S2/c1-2-14(7-8-3-5-10(13)19-8)12(16)9-4-6-11(20-9)15(17)18/h3-6H,2,7H2,1H3. The first kappa shape index (κ1) is 15.0. The van der Waals surface area contributed by atoms with E-state index >= 15 is 0 Å². The number of nitro groups is 1. The van der Waals surface area contributed by atoms with Crippen LogP contribution < -0.4 is 0 Å². The van der Waals surface area contributed by atoms with Crippen LogP contribution in [0.3, 0.4) is 0 Å². The molecule has 106 valence electrons. The Morgan fingerprint density at radius 2 is 2.10 bits per heavy atom. The minimum absolute atomic E-state index is 0.0245. The van der Waals surface area contributed by atoms with E-state index in [0.29, 0.717) is 22.3 Å². The van der Waals surface area contributed by atoms with Gasteiger partial charge < -0.3 is 4.90 Å². The average Bonchev–Trinajstić information content (AvgIpc) is 3.04. The number of carbonyl (C=O) groups excluding carboxylic acids is 1. The van der Waals surface area contributed by atoms with Crippen molar-refractivity contribution in [2.75, 3.05) is 6.54 Å². The summed E-state index contributed by atoms with van der Waals surface area (Å²) in [5, 5.41) is 10.6. The van der Waals surface area contributed by atoms with Crippen molar-refractivity contribution in [2.45, 2.75) is 13.5 Å². The number of hydrogen-bond donors (Lipinski definition) is 0. The molecule has 0 radical (unpaired) electrons. The number of rotatable bonds is 5. The van der Waals surface area contributed by atoms with Crippen molar-refractivity contribution in [3.63, 3.8) is 0 Å². The molecule has 0 spiro atoms. The fraction of sp³-hybridized carbons (Fsp3) is 0.250. The third-order valence-corrected chi connectivity index (χ3v) is 4.87. The van der Waals surface area contributed by atoms with Crippen molar-refractivity contribution >= 4 is 45.2 Å². The molecule has 2 rings (SSSR count). The zero-order valence-electron chi connectivity index (χ0n) is 10.5. The molecule has 0 bridgehead atoms. The van der Waals surface area contributed by atoms with E-state index in [-0.39, 0.29) is 10.9 Å². The Hall–Kier alpha value is -1.44. The highest BCUT2D eigenvalue weighted by Gasteiger charge is 2.20. The van der Waals surface area contributed by atoms with Gasteiger partial charge in [-0.15, -0.1) is 11.3 Å². The molecule has 0 aliphatic rings. The number of carbonyl (C=O) groups is 1.